The van der Waals surface area contributed by atoms with Crippen molar-refractivity contribution in [2.24, 2.45) is 0 Å². The van der Waals surface area contributed by atoms with Gasteiger partial charge in [-0.3, -0.25) is 9.78 Å². The van der Waals surface area contributed by atoms with Crippen molar-refractivity contribution in [1.29, 1.82) is 0 Å². The lowest BCUT2D eigenvalue weighted by atomic mass is 10.1. The smallest absolute Gasteiger partial charge is 0.173 e. The molecule has 0 spiro atoms. The van der Waals surface area contributed by atoms with Gasteiger partial charge >= 0.3 is 0 Å². The summed E-state index contributed by atoms with van der Waals surface area (Å²) in [4.78, 5) is 17.4. The summed E-state index contributed by atoms with van der Waals surface area (Å²) in [6.45, 7) is 0. The number of rotatable bonds is 4. The number of thioether (sulfide) groups is 1. The molecule has 0 atom stereocenters. The molecule has 0 unspecified atom stereocenters. The number of hydrogen-bond donors (Lipinski definition) is 0. The second-order valence-electron chi connectivity index (χ2n) is 4.55. The van der Waals surface area contributed by atoms with Gasteiger partial charge in [0.05, 0.1) is 11.3 Å². The summed E-state index contributed by atoms with van der Waals surface area (Å²) in [5.74, 6) is -0.0493. The molecular formula is C17H12FNOS. The number of halogens is 1. The van der Waals surface area contributed by atoms with Crippen molar-refractivity contribution >= 4 is 28.4 Å². The number of Topliss-reactive ketones (excluding diaryl/α,β-unsaturated/α-hetero) is 1. The number of benzene rings is 2. The van der Waals surface area contributed by atoms with Gasteiger partial charge in [-0.15, -0.1) is 11.8 Å². The number of carbonyl (C=O) groups is 1. The second-order valence-corrected chi connectivity index (χ2v) is 5.57. The molecule has 0 fully saturated rings. The predicted octanol–water partition coefficient (Wildman–Crippen LogP) is 4.35. The van der Waals surface area contributed by atoms with E-state index in [0.29, 0.717) is 11.3 Å². The van der Waals surface area contributed by atoms with Crippen LogP contribution >= 0.6 is 11.8 Å². The SMILES string of the molecule is O=C(CSc1cccc2cccnc12)c1ccc(F)cc1. The van der Waals surface area contributed by atoms with Crippen LogP contribution in [0, 0.1) is 5.82 Å². The maximum absolute atomic E-state index is 12.9. The zero-order valence-electron chi connectivity index (χ0n) is 11.1. The predicted molar refractivity (Wildman–Crippen MR) is 83.2 cm³/mol. The molecule has 1 aromatic heterocycles. The number of fused-ring (bicyclic) bond motifs is 1. The Hall–Kier alpha value is -2.20. The maximum Gasteiger partial charge on any atom is 0.173 e. The Morgan fingerprint density at radius 3 is 2.62 bits per heavy atom. The zero-order valence-corrected chi connectivity index (χ0v) is 11.9. The first kappa shape index (κ1) is 13.8. The summed E-state index contributed by atoms with van der Waals surface area (Å²) in [5, 5.41) is 1.05. The molecule has 0 saturated heterocycles. The summed E-state index contributed by atoms with van der Waals surface area (Å²) in [7, 11) is 0. The van der Waals surface area contributed by atoms with E-state index in [-0.39, 0.29) is 11.6 Å². The van der Waals surface area contributed by atoms with Crippen LogP contribution in [0.4, 0.5) is 4.39 Å². The van der Waals surface area contributed by atoms with E-state index in [1.807, 2.05) is 30.3 Å². The van der Waals surface area contributed by atoms with E-state index in [0.717, 1.165) is 15.8 Å². The van der Waals surface area contributed by atoms with Crippen molar-refractivity contribution in [2.45, 2.75) is 4.90 Å². The number of ketones is 1. The van der Waals surface area contributed by atoms with Gasteiger partial charge in [0.2, 0.25) is 0 Å². The van der Waals surface area contributed by atoms with E-state index < -0.39 is 0 Å². The summed E-state index contributed by atoms with van der Waals surface area (Å²) in [5.41, 5.74) is 1.43. The van der Waals surface area contributed by atoms with E-state index in [2.05, 4.69) is 4.98 Å². The number of carbonyl (C=O) groups excluding carboxylic acids is 1. The molecule has 0 saturated carbocycles. The summed E-state index contributed by atoms with van der Waals surface area (Å²) in [6, 6.07) is 15.4. The van der Waals surface area contributed by atoms with Crippen LogP contribution in [0.1, 0.15) is 10.4 Å². The van der Waals surface area contributed by atoms with Gasteiger partial charge in [0.15, 0.2) is 5.78 Å². The molecule has 4 heteroatoms. The molecule has 104 valence electrons. The minimum absolute atomic E-state index is 0.0204. The minimum Gasteiger partial charge on any atom is -0.293 e. The van der Waals surface area contributed by atoms with E-state index in [9.17, 15) is 9.18 Å². The van der Waals surface area contributed by atoms with Crippen molar-refractivity contribution in [1.82, 2.24) is 4.98 Å². The fraction of sp³-hybridized carbons (Fsp3) is 0.0588. The molecule has 0 aliphatic heterocycles. The third kappa shape index (κ3) is 3.11. The topological polar surface area (TPSA) is 30.0 Å². The lowest BCUT2D eigenvalue weighted by Crippen LogP contribution is -2.02. The zero-order chi connectivity index (χ0) is 14.7. The third-order valence-electron chi connectivity index (χ3n) is 3.12. The highest BCUT2D eigenvalue weighted by molar-refractivity contribution is 8.00. The number of para-hydroxylation sites is 1. The van der Waals surface area contributed by atoms with Gasteiger partial charge in [0, 0.05) is 22.0 Å². The molecule has 1 heterocycles. The van der Waals surface area contributed by atoms with Gasteiger partial charge in [-0.25, -0.2) is 4.39 Å². The standard InChI is InChI=1S/C17H12FNOS/c18-14-8-6-12(7-9-14)15(20)11-21-16-5-1-3-13-4-2-10-19-17(13)16/h1-10H,11H2. The molecule has 0 radical (unpaired) electrons. The fourth-order valence-electron chi connectivity index (χ4n) is 2.06. The van der Waals surface area contributed by atoms with Gasteiger partial charge in [0.25, 0.3) is 0 Å². The molecule has 0 aliphatic rings. The molecule has 2 nitrogen and oxygen atoms in total. The summed E-state index contributed by atoms with van der Waals surface area (Å²) in [6.07, 6.45) is 1.74. The Balaban J connectivity index is 1.77. The van der Waals surface area contributed by atoms with Crippen molar-refractivity contribution in [3.05, 3.63) is 72.2 Å². The Morgan fingerprint density at radius 2 is 1.81 bits per heavy atom. The molecule has 0 N–H and O–H groups in total. The summed E-state index contributed by atoms with van der Waals surface area (Å²) < 4.78 is 12.9. The van der Waals surface area contributed by atoms with Gasteiger partial charge in [-0.1, -0.05) is 18.2 Å². The number of hydrogen-bond acceptors (Lipinski definition) is 3. The molecule has 0 aliphatic carbocycles. The summed E-state index contributed by atoms with van der Waals surface area (Å²) >= 11 is 1.45. The first-order valence-corrected chi connectivity index (χ1v) is 7.48. The first-order chi connectivity index (χ1) is 10.2. The van der Waals surface area contributed by atoms with Crippen LogP contribution in [0.3, 0.4) is 0 Å². The highest BCUT2D eigenvalue weighted by atomic mass is 32.2. The maximum atomic E-state index is 12.9. The Kier molecular flexibility index (Phi) is 3.97. The average Bonchev–Trinajstić information content (AvgIpc) is 2.53. The number of aromatic nitrogens is 1. The van der Waals surface area contributed by atoms with E-state index in [1.165, 1.54) is 36.0 Å². The quantitative estimate of drug-likeness (QED) is 0.530. The third-order valence-corrected chi connectivity index (χ3v) is 4.17. The molecule has 3 aromatic rings. The molecular weight excluding hydrogens is 285 g/mol. The van der Waals surface area contributed by atoms with Gasteiger partial charge < -0.3 is 0 Å². The minimum atomic E-state index is -0.336. The largest absolute Gasteiger partial charge is 0.293 e. The van der Waals surface area contributed by atoms with Crippen LogP contribution in [0.25, 0.3) is 10.9 Å². The first-order valence-electron chi connectivity index (χ1n) is 6.49. The molecule has 0 amide bonds. The van der Waals surface area contributed by atoms with Crippen molar-refractivity contribution in [2.75, 3.05) is 5.75 Å². The molecule has 0 bridgehead atoms. The average molecular weight is 297 g/mol. The Labute approximate surface area is 126 Å². The highest BCUT2D eigenvalue weighted by Gasteiger charge is 2.09. The fourth-order valence-corrected chi connectivity index (χ4v) is 2.99. The molecule has 3 rings (SSSR count). The van der Waals surface area contributed by atoms with Crippen LogP contribution in [-0.4, -0.2) is 16.5 Å². The van der Waals surface area contributed by atoms with Crippen LogP contribution in [0.2, 0.25) is 0 Å². The van der Waals surface area contributed by atoms with Crippen molar-refractivity contribution in [3.63, 3.8) is 0 Å². The van der Waals surface area contributed by atoms with Crippen LogP contribution in [-0.2, 0) is 0 Å². The Morgan fingerprint density at radius 1 is 1.05 bits per heavy atom. The monoisotopic (exact) mass is 297 g/mol. The van der Waals surface area contributed by atoms with Crippen LogP contribution in [0.5, 0.6) is 0 Å². The number of nitrogens with zero attached hydrogens (tertiary/aromatic N) is 1. The van der Waals surface area contributed by atoms with Crippen molar-refractivity contribution < 1.29 is 9.18 Å². The normalized spacial score (nSPS) is 10.7. The second kappa shape index (κ2) is 6.06. The molecule has 2 aromatic carbocycles. The lowest BCUT2D eigenvalue weighted by molar-refractivity contribution is 0.102. The molecule has 21 heavy (non-hydrogen) atoms. The highest BCUT2D eigenvalue weighted by Crippen LogP contribution is 2.26. The van der Waals surface area contributed by atoms with E-state index in [4.69, 9.17) is 0 Å². The lowest BCUT2D eigenvalue weighted by Gasteiger charge is -2.05. The van der Waals surface area contributed by atoms with Crippen LogP contribution in [0.15, 0.2) is 65.7 Å². The Bertz CT molecular complexity index is 781. The van der Waals surface area contributed by atoms with Gasteiger partial charge in [-0.2, -0.15) is 0 Å². The van der Waals surface area contributed by atoms with Crippen LogP contribution < -0.4 is 0 Å². The van der Waals surface area contributed by atoms with E-state index >= 15 is 0 Å². The number of pyridine rings is 1. The van der Waals surface area contributed by atoms with Crippen molar-refractivity contribution in [3.8, 4) is 0 Å². The van der Waals surface area contributed by atoms with Gasteiger partial charge in [0.1, 0.15) is 5.82 Å². The van der Waals surface area contributed by atoms with Gasteiger partial charge in [-0.05, 0) is 36.4 Å². The van der Waals surface area contributed by atoms with E-state index in [1.54, 1.807) is 6.20 Å².